The zero-order valence-electron chi connectivity index (χ0n) is 19.7. The van der Waals surface area contributed by atoms with Crippen molar-refractivity contribution in [3.05, 3.63) is 53.3 Å². The molecule has 35 heavy (non-hydrogen) atoms. The number of aromatic nitrogens is 2. The molecule has 0 saturated carbocycles. The van der Waals surface area contributed by atoms with Crippen LogP contribution in [0.25, 0.3) is 21.7 Å². The number of urea groups is 1. The van der Waals surface area contributed by atoms with Gasteiger partial charge in [-0.05, 0) is 62.9 Å². The highest BCUT2D eigenvalue weighted by atomic mass is 32.1. The lowest BCUT2D eigenvalue weighted by atomic mass is 9.99. The van der Waals surface area contributed by atoms with Gasteiger partial charge in [0.05, 0.1) is 22.2 Å². The van der Waals surface area contributed by atoms with Gasteiger partial charge < -0.3 is 9.80 Å². The largest absolute Gasteiger partial charge is 0.336 e. The molecule has 1 unspecified atom stereocenters. The second-order valence-corrected chi connectivity index (χ2v) is 10.1. The molecule has 178 valence electrons. The minimum absolute atomic E-state index is 0.00710. The monoisotopic (exact) mass is 486 g/mol. The number of nitrogens with one attached hydrogen (secondary N) is 1. The summed E-state index contributed by atoms with van der Waals surface area (Å²) in [5.41, 5.74) is 4.77. The lowest BCUT2D eigenvalue weighted by molar-refractivity contribution is -0.139. The van der Waals surface area contributed by atoms with Crippen LogP contribution in [0.15, 0.2) is 36.4 Å². The highest BCUT2D eigenvalue weighted by Crippen LogP contribution is 2.40. The molecule has 1 aromatic carbocycles. The number of thiazole rings is 1. The Morgan fingerprint density at radius 2 is 1.94 bits per heavy atom. The number of nitrogens with zero attached hydrogens (tertiary/aromatic N) is 5. The highest BCUT2D eigenvalue weighted by molar-refractivity contribution is 7.19. The van der Waals surface area contributed by atoms with Gasteiger partial charge >= 0.3 is 6.03 Å². The molecule has 9 heteroatoms. The van der Waals surface area contributed by atoms with Crippen molar-refractivity contribution in [2.24, 2.45) is 0 Å². The molecule has 0 radical (unpaired) electrons. The van der Waals surface area contributed by atoms with Gasteiger partial charge in [0.15, 0.2) is 5.13 Å². The first-order chi connectivity index (χ1) is 16.9. The highest BCUT2D eigenvalue weighted by Gasteiger charge is 2.36. The minimum atomic E-state index is -0.316. The number of carbonyl (C=O) groups excluding carboxylic acids is 2. The molecule has 2 fully saturated rings. The topological polar surface area (TPSA) is 102 Å². The fourth-order valence-electron chi connectivity index (χ4n) is 4.88. The van der Waals surface area contributed by atoms with Crippen molar-refractivity contribution in [1.82, 2.24) is 19.8 Å². The maximum absolute atomic E-state index is 13.1. The zero-order chi connectivity index (χ0) is 24.5. The lowest BCUT2D eigenvalue weighted by Crippen LogP contribution is -2.59. The fraction of sp³-hybridized carbons (Fsp3) is 0.346. The van der Waals surface area contributed by atoms with Gasteiger partial charge in [-0.1, -0.05) is 23.5 Å². The van der Waals surface area contributed by atoms with Crippen LogP contribution in [0.5, 0.6) is 0 Å². The molecule has 0 bridgehead atoms. The van der Waals surface area contributed by atoms with Crippen LogP contribution >= 0.6 is 11.3 Å². The fourth-order valence-corrected chi connectivity index (χ4v) is 5.85. The third-order valence-electron chi connectivity index (χ3n) is 6.44. The van der Waals surface area contributed by atoms with Crippen LogP contribution < -0.4 is 5.32 Å². The average molecular weight is 487 g/mol. The van der Waals surface area contributed by atoms with Crippen LogP contribution in [0.3, 0.4) is 0 Å². The van der Waals surface area contributed by atoms with E-state index in [0.717, 1.165) is 53.2 Å². The Labute approximate surface area is 208 Å². The molecule has 3 aromatic rings. The van der Waals surface area contributed by atoms with Crippen LogP contribution in [0.1, 0.15) is 36.2 Å². The Bertz CT molecular complexity index is 1320. The van der Waals surface area contributed by atoms with Crippen molar-refractivity contribution in [2.75, 3.05) is 25.0 Å². The van der Waals surface area contributed by atoms with Crippen LogP contribution in [0, 0.1) is 25.2 Å². The second kappa shape index (κ2) is 9.47. The number of pyridine rings is 1. The predicted molar refractivity (Wildman–Crippen MR) is 135 cm³/mol. The number of piperazine rings is 1. The number of benzene rings is 1. The summed E-state index contributed by atoms with van der Waals surface area (Å²) >= 11 is 1.38. The molecular formula is C26H26N6O2S. The maximum atomic E-state index is 13.1. The molecule has 3 amide bonds. The molecule has 2 saturated heterocycles. The third-order valence-corrected chi connectivity index (χ3v) is 7.46. The normalized spacial score (nSPS) is 17.6. The number of amides is 3. The van der Waals surface area contributed by atoms with E-state index in [2.05, 4.69) is 16.4 Å². The summed E-state index contributed by atoms with van der Waals surface area (Å²) in [4.78, 5) is 39.4. The van der Waals surface area contributed by atoms with E-state index in [0.29, 0.717) is 22.9 Å². The number of rotatable bonds is 3. The standard InChI is InChI=1S/C26H26N6O2S/c1-16-10-20(11-17(2)28-16)24-23(19-7-5-6-18(12-19)13-27)29-25(35-24)30-26(34)31-14-21-8-3-4-9-32(21)22(33)15-31/h5-7,10-12,21H,3-4,8-9,14-15H2,1-2H3,(H,29,30,34). The SMILES string of the molecule is Cc1cc(-c2sc(NC(=O)N3CC(=O)N4CCCCC4C3)nc2-c2cccc(C#N)c2)cc(C)n1. The second-order valence-electron chi connectivity index (χ2n) is 9.08. The summed E-state index contributed by atoms with van der Waals surface area (Å²) in [6.07, 6.45) is 3.03. The van der Waals surface area contributed by atoms with Crippen LogP contribution in [0.2, 0.25) is 0 Å². The van der Waals surface area contributed by atoms with E-state index >= 15 is 0 Å². The van der Waals surface area contributed by atoms with E-state index in [9.17, 15) is 14.9 Å². The lowest BCUT2D eigenvalue weighted by Gasteiger charge is -2.43. The smallest absolute Gasteiger partial charge is 0.324 e. The van der Waals surface area contributed by atoms with Crippen LogP contribution in [0.4, 0.5) is 9.93 Å². The number of anilines is 1. The van der Waals surface area contributed by atoms with Gasteiger partial charge in [0.1, 0.15) is 6.54 Å². The van der Waals surface area contributed by atoms with Gasteiger partial charge in [-0.15, -0.1) is 0 Å². The molecule has 4 heterocycles. The Kier molecular flexibility index (Phi) is 6.22. The molecule has 2 aliphatic heterocycles. The zero-order valence-corrected chi connectivity index (χ0v) is 20.6. The molecule has 5 rings (SSSR count). The minimum Gasteiger partial charge on any atom is -0.336 e. The number of hydrogen-bond acceptors (Lipinski definition) is 6. The first kappa shape index (κ1) is 23.0. The van der Waals surface area contributed by atoms with Gasteiger partial charge in [0.2, 0.25) is 5.91 Å². The van der Waals surface area contributed by atoms with Gasteiger partial charge in [-0.2, -0.15) is 5.26 Å². The Balaban J connectivity index is 1.46. The quantitative estimate of drug-likeness (QED) is 0.583. The van der Waals surface area contributed by atoms with Gasteiger partial charge in [-0.25, -0.2) is 9.78 Å². The van der Waals surface area contributed by atoms with Crippen LogP contribution in [-0.4, -0.2) is 57.4 Å². The van der Waals surface area contributed by atoms with Crippen molar-refractivity contribution in [3.63, 3.8) is 0 Å². The third kappa shape index (κ3) is 4.75. The molecule has 2 aromatic heterocycles. The molecule has 0 spiro atoms. The van der Waals surface area contributed by atoms with Crippen molar-refractivity contribution in [2.45, 2.75) is 39.2 Å². The van der Waals surface area contributed by atoms with E-state index in [1.807, 2.05) is 43.0 Å². The van der Waals surface area contributed by atoms with Crippen LogP contribution in [-0.2, 0) is 4.79 Å². The number of hydrogen-bond donors (Lipinski definition) is 1. The van der Waals surface area contributed by atoms with Gasteiger partial charge in [-0.3, -0.25) is 15.1 Å². The molecule has 1 N–H and O–H groups in total. The van der Waals surface area contributed by atoms with Gasteiger partial charge in [0.25, 0.3) is 0 Å². The summed E-state index contributed by atoms with van der Waals surface area (Å²) in [6.45, 7) is 5.29. The summed E-state index contributed by atoms with van der Waals surface area (Å²) in [5.74, 6) is 0.00710. The number of piperidine rings is 1. The Morgan fingerprint density at radius 1 is 1.14 bits per heavy atom. The van der Waals surface area contributed by atoms with Crippen molar-refractivity contribution < 1.29 is 9.59 Å². The molecule has 1 atom stereocenters. The van der Waals surface area contributed by atoms with Gasteiger partial charge in [0, 0.05) is 36.1 Å². The number of fused-ring (bicyclic) bond motifs is 1. The van der Waals surface area contributed by atoms with E-state index < -0.39 is 0 Å². The molecular weight excluding hydrogens is 460 g/mol. The molecule has 0 aliphatic carbocycles. The summed E-state index contributed by atoms with van der Waals surface area (Å²) < 4.78 is 0. The van der Waals surface area contributed by atoms with E-state index in [4.69, 9.17) is 4.98 Å². The first-order valence-electron chi connectivity index (χ1n) is 11.7. The van der Waals surface area contributed by atoms with Crippen molar-refractivity contribution >= 4 is 28.4 Å². The molecule has 8 nitrogen and oxygen atoms in total. The Hall–Kier alpha value is -3.77. The summed E-state index contributed by atoms with van der Waals surface area (Å²) in [7, 11) is 0. The summed E-state index contributed by atoms with van der Waals surface area (Å²) in [6, 6.07) is 13.2. The number of aryl methyl sites for hydroxylation is 2. The first-order valence-corrected chi connectivity index (χ1v) is 12.6. The van der Waals surface area contributed by atoms with Crippen molar-refractivity contribution in [3.8, 4) is 27.8 Å². The van der Waals surface area contributed by atoms with E-state index in [1.165, 1.54) is 11.3 Å². The van der Waals surface area contributed by atoms with E-state index in [-0.39, 0.29) is 24.5 Å². The molecule has 2 aliphatic rings. The number of carbonyl (C=O) groups is 2. The van der Waals surface area contributed by atoms with Crippen molar-refractivity contribution in [1.29, 1.82) is 5.26 Å². The Morgan fingerprint density at radius 3 is 2.71 bits per heavy atom. The average Bonchev–Trinajstić information content (AvgIpc) is 3.27. The maximum Gasteiger partial charge on any atom is 0.324 e. The summed E-state index contributed by atoms with van der Waals surface area (Å²) in [5, 5.41) is 12.8. The number of nitriles is 1. The van der Waals surface area contributed by atoms with E-state index in [1.54, 1.807) is 17.0 Å². The predicted octanol–water partition coefficient (Wildman–Crippen LogP) is 4.59.